The van der Waals surface area contributed by atoms with Crippen LogP contribution in [0.4, 0.5) is 0 Å². The highest BCUT2D eigenvalue weighted by Gasteiger charge is 2.42. The molecule has 1 rings (SSSR count). The summed E-state index contributed by atoms with van der Waals surface area (Å²) in [7, 11) is 4.15. The Hall–Kier alpha value is -0.370. The molecule has 2 nitrogen and oxygen atoms in total. The quantitative estimate of drug-likeness (QED) is 0.732. The standard InChI is InChI=1S/C15H29NO/c1-12(2)8-9-14(17)15(16(4)5)10-6-7-13(3)11-15/h12-13H,6-11H2,1-5H3. The molecule has 2 unspecified atom stereocenters. The molecule has 2 heteroatoms. The Labute approximate surface area is 107 Å². The van der Waals surface area contributed by atoms with Gasteiger partial charge in [0.25, 0.3) is 0 Å². The van der Waals surface area contributed by atoms with Crippen LogP contribution in [0.25, 0.3) is 0 Å². The lowest BCUT2D eigenvalue weighted by Crippen LogP contribution is -2.53. The monoisotopic (exact) mass is 239 g/mol. The molecule has 0 saturated heterocycles. The minimum atomic E-state index is -0.160. The predicted molar refractivity (Wildman–Crippen MR) is 73.1 cm³/mol. The Bertz CT molecular complexity index is 260. The third kappa shape index (κ3) is 3.54. The van der Waals surface area contributed by atoms with Crippen molar-refractivity contribution in [1.29, 1.82) is 0 Å². The molecule has 1 saturated carbocycles. The molecule has 0 heterocycles. The molecule has 2 atom stereocenters. The second-order valence-corrected chi connectivity index (χ2v) is 6.48. The minimum Gasteiger partial charge on any atom is -0.298 e. The van der Waals surface area contributed by atoms with E-state index in [9.17, 15) is 4.79 Å². The van der Waals surface area contributed by atoms with E-state index < -0.39 is 0 Å². The van der Waals surface area contributed by atoms with Crippen molar-refractivity contribution in [2.24, 2.45) is 11.8 Å². The third-order valence-electron chi connectivity index (χ3n) is 4.30. The number of rotatable bonds is 5. The molecule has 0 radical (unpaired) electrons. The highest BCUT2D eigenvalue weighted by Crippen LogP contribution is 2.37. The molecule has 0 aromatic rings. The topological polar surface area (TPSA) is 20.3 Å². The van der Waals surface area contributed by atoms with Gasteiger partial charge < -0.3 is 0 Å². The zero-order chi connectivity index (χ0) is 13.1. The maximum absolute atomic E-state index is 12.6. The molecule has 0 aromatic heterocycles. The molecule has 1 aliphatic rings. The van der Waals surface area contributed by atoms with Crippen molar-refractivity contribution < 1.29 is 4.79 Å². The van der Waals surface area contributed by atoms with Gasteiger partial charge in [0.15, 0.2) is 5.78 Å². The predicted octanol–water partition coefficient (Wildman–Crippen LogP) is 3.50. The lowest BCUT2D eigenvalue weighted by atomic mass is 9.72. The first-order valence-electron chi connectivity index (χ1n) is 7.09. The number of hydrogen-bond acceptors (Lipinski definition) is 2. The van der Waals surface area contributed by atoms with E-state index in [1.54, 1.807) is 0 Å². The molecule has 0 aromatic carbocycles. The molecule has 1 aliphatic carbocycles. The first-order valence-corrected chi connectivity index (χ1v) is 7.09. The fourth-order valence-corrected chi connectivity index (χ4v) is 3.08. The van der Waals surface area contributed by atoms with Gasteiger partial charge in [-0.05, 0) is 45.2 Å². The molecule has 0 amide bonds. The van der Waals surface area contributed by atoms with Crippen LogP contribution in [0.2, 0.25) is 0 Å². The van der Waals surface area contributed by atoms with Crippen molar-refractivity contribution in [2.75, 3.05) is 14.1 Å². The van der Waals surface area contributed by atoms with Crippen LogP contribution < -0.4 is 0 Å². The Morgan fingerprint density at radius 2 is 2.06 bits per heavy atom. The van der Waals surface area contributed by atoms with E-state index in [-0.39, 0.29) is 5.54 Å². The number of likely N-dealkylation sites (N-methyl/N-ethyl adjacent to an activating group) is 1. The summed E-state index contributed by atoms with van der Waals surface area (Å²) >= 11 is 0. The fraction of sp³-hybridized carbons (Fsp3) is 0.933. The van der Waals surface area contributed by atoms with Crippen LogP contribution in [0, 0.1) is 11.8 Å². The zero-order valence-electron chi connectivity index (χ0n) is 12.3. The number of carbonyl (C=O) groups is 1. The van der Waals surface area contributed by atoms with Crippen molar-refractivity contribution in [3.63, 3.8) is 0 Å². The van der Waals surface area contributed by atoms with Gasteiger partial charge in [-0.15, -0.1) is 0 Å². The molecule has 0 bridgehead atoms. The van der Waals surface area contributed by atoms with Crippen LogP contribution in [-0.4, -0.2) is 30.3 Å². The van der Waals surface area contributed by atoms with Gasteiger partial charge in [-0.25, -0.2) is 0 Å². The van der Waals surface area contributed by atoms with E-state index in [0.717, 1.165) is 25.7 Å². The summed E-state index contributed by atoms with van der Waals surface area (Å²) in [6.07, 6.45) is 6.38. The highest BCUT2D eigenvalue weighted by atomic mass is 16.1. The molecule has 0 N–H and O–H groups in total. The van der Waals surface area contributed by atoms with E-state index in [0.29, 0.717) is 17.6 Å². The second kappa shape index (κ2) is 5.99. The first kappa shape index (κ1) is 14.7. The molecule has 1 fully saturated rings. The van der Waals surface area contributed by atoms with Crippen LogP contribution in [0.5, 0.6) is 0 Å². The van der Waals surface area contributed by atoms with Crippen molar-refractivity contribution in [2.45, 2.75) is 64.8 Å². The number of Topliss-reactive ketones (excluding diaryl/α,β-unsaturated/α-hetero) is 1. The molecule has 0 spiro atoms. The van der Waals surface area contributed by atoms with Crippen molar-refractivity contribution >= 4 is 5.78 Å². The SMILES string of the molecule is CC(C)CCC(=O)C1(N(C)C)CCCC(C)C1. The number of carbonyl (C=O) groups excluding carboxylic acids is 1. The van der Waals surface area contributed by atoms with Gasteiger partial charge in [0, 0.05) is 6.42 Å². The van der Waals surface area contributed by atoms with E-state index in [2.05, 4.69) is 39.8 Å². The number of hydrogen-bond donors (Lipinski definition) is 0. The summed E-state index contributed by atoms with van der Waals surface area (Å²) in [4.78, 5) is 14.8. The Morgan fingerprint density at radius 3 is 2.53 bits per heavy atom. The highest BCUT2D eigenvalue weighted by molar-refractivity contribution is 5.88. The van der Waals surface area contributed by atoms with Gasteiger partial charge in [-0.1, -0.05) is 33.6 Å². The fourth-order valence-electron chi connectivity index (χ4n) is 3.08. The summed E-state index contributed by atoms with van der Waals surface area (Å²) in [5, 5.41) is 0. The second-order valence-electron chi connectivity index (χ2n) is 6.48. The van der Waals surface area contributed by atoms with Crippen LogP contribution in [0.1, 0.15) is 59.3 Å². The Morgan fingerprint density at radius 1 is 1.41 bits per heavy atom. The number of ketones is 1. The van der Waals surface area contributed by atoms with Gasteiger partial charge in [-0.2, -0.15) is 0 Å². The van der Waals surface area contributed by atoms with E-state index in [1.165, 1.54) is 12.8 Å². The van der Waals surface area contributed by atoms with Crippen LogP contribution >= 0.6 is 0 Å². The van der Waals surface area contributed by atoms with Gasteiger partial charge in [0.2, 0.25) is 0 Å². The first-order chi connectivity index (χ1) is 7.88. The third-order valence-corrected chi connectivity index (χ3v) is 4.30. The summed E-state index contributed by atoms with van der Waals surface area (Å²) in [6.45, 7) is 6.67. The lowest BCUT2D eigenvalue weighted by Gasteiger charge is -2.44. The summed E-state index contributed by atoms with van der Waals surface area (Å²) in [5.41, 5.74) is -0.160. The largest absolute Gasteiger partial charge is 0.298 e. The smallest absolute Gasteiger partial charge is 0.153 e. The molecular weight excluding hydrogens is 210 g/mol. The van der Waals surface area contributed by atoms with Gasteiger partial charge in [-0.3, -0.25) is 9.69 Å². The normalized spacial score (nSPS) is 29.9. The van der Waals surface area contributed by atoms with Gasteiger partial charge in [0.05, 0.1) is 5.54 Å². The van der Waals surface area contributed by atoms with Crippen molar-refractivity contribution in [1.82, 2.24) is 4.90 Å². The average molecular weight is 239 g/mol. The Kier molecular flexibility index (Phi) is 5.18. The van der Waals surface area contributed by atoms with E-state index in [1.807, 2.05) is 0 Å². The van der Waals surface area contributed by atoms with Crippen LogP contribution in [-0.2, 0) is 4.79 Å². The maximum atomic E-state index is 12.6. The van der Waals surface area contributed by atoms with E-state index in [4.69, 9.17) is 0 Å². The zero-order valence-corrected chi connectivity index (χ0v) is 12.3. The van der Waals surface area contributed by atoms with Gasteiger partial charge in [0.1, 0.15) is 0 Å². The minimum absolute atomic E-state index is 0.160. The van der Waals surface area contributed by atoms with Crippen molar-refractivity contribution in [3.05, 3.63) is 0 Å². The lowest BCUT2D eigenvalue weighted by molar-refractivity contribution is -0.133. The molecular formula is C15H29NO. The van der Waals surface area contributed by atoms with Gasteiger partial charge >= 0.3 is 0 Å². The summed E-state index contributed by atoms with van der Waals surface area (Å²) in [5.74, 6) is 1.79. The Balaban J connectivity index is 2.73. The van der Waals surface area contributed by atoms with Crippen LogP contribution in [0.15, 0.2) is 0 Å². The van der Waals surface area contributed by atoms with E-state index >= 15 is 0 Å². The molecule has 17 heavy (non-hydrogen) atoms. The summed E-state index contributed by atoms with van der Waals surface area (Å²) in [6, 6.07) is 0. The van der Waals surface area contributed by atoms with Crippen molar-refractivity contribution in [3.8, 4) is 0 Å². The van der Waals surface area contributed by atoms with Crippen LogP contribution in [0.3, 0.4) is 0 Å². The maximum Gasteiger partial charge on any atom is 0.153 e. The average Bonchev–Trinajstić information content (AvgIpc) is 2.25. The molecule has 0 aliphatic heterocycles. The molecule has 100 valence electrons. The summed E-state index contributed by atoms with van der Waals surface area (Å²) < 4.78 is 0. The number of nitrogens with zero attached hydrogens (tertiary/aromatic N) is 1.